The Kier molecular flexibility index (Phi) is 4.07. The fourth-order valence-corrected chi connectivity index (χ4v) is 2.06. The second kappa shape index (κ2) is 5.77. The number of non-ortho nitro benzene ring substituents is 1. The van der Waals surface area contributed by atoms with Crippen LogP contribution in [0.25, 0.3) is 0 Å². The van der Waals surface area contributed by atoms with Crippen molar-refractivity contribution in [3.8, 4) is 5.75 Å². The highest BCUT2D eigenvalue weighted by atomic mass is 16.6. The highest BCUT2D eigenvalue weighted by Crippen LogP contribution is 2.27. The lowest BCUT2D eigenvalue weighted by molar-refractivity contribution is -0.384. The smallest absolute Gasteiger partial charge is 0.275 e. The van der Waals surface area contributed by atoms with Gasteiger partial charge in [-0.05, 0) is 13.8 Å². The Bertz CT molecular complexity index is 530. The van der Waals surface area contributed by atoms with Gasteiger partial charge in [0.05, 0.1) is 23.1 Å². The summed E-state index contributed by atoms with van der Waals surface area (Å²) in [4.78, 5) is 21.6. The van der Waals surface area contributed by atoms with Gasteiger partial charge in [-0.2, -0.15) is 0 Å². The Morgan fingerprint density at radius 2 is 2.20 bits per heavy atom. The van der Waals surface area contributed by atoms with Crippen LogP contribution in [0.2, 0.25) is 0 Å². The molecule has 108 valence electrons. The number of hydrogen-bond donors (Lipinski definition) is 2. The Morgan fingerprint density at radius 3 is 2.75 bits per heavy atom. The van der Waals surface area contributed by atoms with Gasteiger partial charge in [0.15, 0.2) is 0 Å². The van der Waals surface area contributed by atoms with Crippen molar-refractivity contribution < 1.29 is 14.5 Å². The number of carbonyl (C=O) groups excluding carboxylic acids is 1. The SMILES string of the molecule is CC(C)Oc1cc(NC2CNC(=O)C2)cc([N+](=O)[O-])c1. The molecule has 0 radical (unpaired) electrons. The first-order chi connectivity index (χ1) is 9.44. The lowest BCUT2D eigenvalue weighted by atomic mass is 10.2. The van der Waals surface area contributed by atoms with Crippen LogP contribution < -0.4 is 15.4 Å². The predicted octanol–water partition coefficient (Wildman–Crippen LogP) is 1.68. The van der Waals surface area contributed by atoms with Crippen molar-refractivity contribution in [1.82, 2.24) is 5.32 Å². The molecule has 1 saturated heterocycles. The van der Waals surface area contributed by atoms with Crippen molar-refractivity contribution in [1.29, 1.82) is 0 Å². The molecule has 1 fully saturated rings. The van der Waals surface area contributed by atoms with Crippen LogP contribution in [0.5, 0.6) is 5.75 Å². The zero-order valence-electron chi connectivity index (χ0n) is 11.4. The summed E-state index contributed by atoms with van der Waals surface area (Å²) < 4.78 is 5.50. The molecule has 1 aliphatic rings. The van der Waals surface area contributed by atoms with E-state index in [1.54, 1.807) is 6.07 Å². The van der Waals surface area contributed by atoms with Crippen molar-refractivity contribution in [3.05, 3.63) is 28.3 Å². The van der Waals surface area contributed by atoms with E-state index in [-0.39, 0.29) is 23.7 Å². The molecule has 1 heterocycles. The van der Waals surface area contributed by atoms with Crippen molar-refractivity contribution >= 4 is 17.3 Å². The maximum atomic E-state index is 11.1. The van der Waals surface area contributed by atoms with Gasteiger partial charge in [-0.25, -0.2) is 0 Å². The number of nitro groups is 1. The van der Waals surface area contributed by atoms with Crippen molar-refractivity contribution in [2.75, 3.05) is 11.9 Å². The molecule has 0 saturated carbocycles. The van der Waals surface area contributed by atoms with Gasteiger partial charge >= 0.3 is 0 Å². The first-order valence-corrected chi connectivity index (χ1v) is 6.43. The summed E-state index contributed by atoms with van der Waals surface area (Å²) in [6.45, 7) is 4.22. The summed E-state index contributed by atoms with van der Waals surface area (Å²) in [5.41, 5.74) is 0.541. The first kappa shape index (κ1) is 14.1. The molecule has 1 unspecified atom stereocenters. The van der Waals surface area contributed by atoms with Gasteiger partial charge in [-0.15, -0.1) is 0 Å². The number of rotatable bonds is 5. The van der Waals surface area contributed by atoms with Crippen LogP contribution in [0, 0.1) is 10.1 Å². The molecule has 0 bridgehead atoms. The molecule has 20 heavy (non-hydrogen) atoms. The molecule has 2 rings (SSSR count). The Balaban J connectivity index is 2.19. The predicted molar refractivity (Wildman–Crippen MR) is 73.9 cm³/mol. The van der Waals surface area contributed by atoms with Crippen LogP contribution in [0.15, 0.2) is 18.2 Å². The minimum Gasteiger partial charge on any atom is -0.491 e. The van der Waals surface area contributed by atoms with E-state index in [0.29, 0.717) is 24.4 Å². The van der Waals surface area contributed by atoms with E-state index >= 15 is 0 Å². The van der Waals surface area contributed by atoms with Gasteiger partial charge in [-0.3, -0.25) is 14.9 Å². The maximum absolute atomic E-state index is 11.1. The highest BCUT2D eigenvalue weighted by molar-refractivity contribution is 5.79. The van der Waals surface area contributed by atoms with Crippen LogP contribution in [-0.2, 0) is 4.79 Å². The fourth-order valence-electron chi connectivity index (χ4n) is 2.06. The van der Waals surface area contributed by atoms with Gasteiger partial charge in [0.2, 0.25) is 5.91 Å². The van der Waals surface area contributed by atoms with Crippen LogP contribution >= 0.6 is 0 Å². The zero-order chi connectivity index (χ0) is 14.7. The fraction of sp³-hybridized carbons (Fsp3) is 0.462. The third kappa shape index (κ3) is 3.59. The van der Waals surface area contributed by atoms with Crippen LogP contribution in [0.3, 0.4) is 0 Å². The minimum absolute atomic E-state index is 0.0217. The summed E-state index contributed by atoms with van der Waals surface area (Å²) in [6.07, 6.45) is 0.294. The second-order valence-electron chi connectivity index (χ2n) is 4.99. The number of benzene rings is 1. The summed E-state index contributed by atoms with van der Waals surface area (Å²) in [6, 6.07) is 4.48. The summed E-state index contributed by atoms with van der Waals surface area (Å²) in [5, 5.41) is 16.8. The molecule has 7 heteroatoms. The van der Waals surface area contributed by atoms with Crippen molar-refractivity contribution in [3.63, 3.8) is 0 Å². The second-order valence-corrected chi connectivity index (χ2v) is 4.99. The number of anilines is 1. The third-order valence-corrected chi connectivity index (χ3v) is 2.82. The van der Waals surface area contributed by atoms with Crippen LogP contribution in [0.1, 0.15) is 20.3 Å². The van der Waals surface area contributed by atoms with Gasteiger partial charge in [0.25, 0.3) is 5.69 Å². The van der Waals surface area contributed by atoms with Gasteiger partial charge < -0.3 is 15.4 Å². The average Bonchev–Trinajstić information content (AvgIpc) is 2.73. The number of hydrogen-bond acceptors (Lipinski definition) is 5. The van der Waals surface area contributed by atoms with E-state index in [1.165, 1.54) is 12.1 Å². The number of ether oxygens (including phenoxy) is 1. The summed E-state index contributed by atoms with van der Waals surface area (Å²) >= 11 is 0. The van der Waals surface area contributed by atoms with Gasteiger partial charge in [0, 0.05) is 30.8 Å². The molecular weight excluding hydrogens is 262 g/mol. The number of nitro benzene ring substituents is 1. The van der Waals surface area contributed by atoms with E-state index < -0.39 is 4.92 Å². The van der Waals surface area contributed by atoms with E-state index in [2.05, 4.69) is 10.6 Å². The lowest BCUT2D eigenvalue weighted by Gasteiger charge is -2.15. The number of amides is 1. The number of carbonyl (C=O) groups is 1. The largest absolute Gasteiger partial charge is 0.491 e. The topological polar surface area (TPSA) is 93.5 Å². The highest BCUT2D eigenvalue weighted by Gasteiger charge is 2.22. The van der Waals surface area contributed by atoms with E-state index in [1.807, 2.05) is 13.8 Å². The third-order valence-electron chi connectivity index (χ3n) is 2.82. The Hall–Kier alpha value is -2.31. The van der Waals surface area contributed by atoms with Crippen molar-refractivity contribution in [2.45, 2.75) is 32.4 Å². The van der Waals surface area contributed by atoms with E-state index in [0.717, 1.165) is 0 Å². The maximum Gasteiger partial charge on any atom is 0.275 e. The quantitative estimate of drug-likeness (QED) is 0.632. The van der Waals surface area contributed by atoms with E-state index in [4.69, 9.17) is 4.74 Å². The molecule has 1 aromatic rings. The summed E-state index contributed by atoms with van der Waals surface area (Å²) in [5.74, 6) is 0.417. The van der Waals surface area contributed by atoms with Gasteiger partial charge in [0.1, 0.15) is 5.75 Å². The molecule has 1 aromatic carbocycles. The molecule has 0 spiro atoms. The molecule has 0 aromatic heterocycles. The monoisotopic (exact) mass is 279 g/mol. The number of nitrogens with zero attached hydrogens (tertiary/aromatic N) is 1. The lowest BCUT2D eigenvalue weighted by Crippen LogP contribution is -2.22. The molecule has 0 aliphatic carbocycles. The summed E-state index contributed by atoms with van der Waals surface area (Å²) in [7, 11) is 0. The zero-order valence-corrected chi connectivity index (χ0v) is 11.4. The molecular formula is C13H17N3O4. The Labute approximate surface area is 116 Å². The first-order valence-electron chi connectivity index (χ1n) is 6.43. The minimum atomic E-state index is -0.462. The Morgan fingerprint density at radius 1 is 1.45 bits per heavy atom. The van der Waals surface area contributed by atoms with Crippen LogP contribution in [0.4, 0.5) is 11.4 Å². The number of nitrogens with one attached hydrogen (secondary N) is 2. The molecule has 2 N–H and O–H groups in total. The van der Waals surface area contributed by atoms with Crippen LogP contribution in [-0.4, -0.2) is 29.5 Å². The standard InChI is InChI=1S/C13H17N3O4/c1-8(2)20-12-4-9(3-11(6-12)16(18)19)15-10-5-13(17)14-7-10/h3-4,6,8,10,15H,5,7H2,1-2H3,(H,14,17). The molecule has 1 atom stereocenters. The van der Waals surface area contributed by atoms with Crippen molar-refractivity contribution in [2.24, 2.45) is 0 Å². The molecule has 1 amide bonds. The molecule has 1 aliphatic heterocycles. The van der Waals surface area contributed by atoms with Gasteiger partial charge in [-0.1, -0.05) is 0 Å². The average molecular weight is 279 g/mol. The normalized spacial score (nSPS) is 17.9. The molecule has 7 nitrogen and oxygen atoms in total. The van der Waals surface area contributed by atoms with E-state index in [9.17, 15) is 14.9 Å².